The van der Waals surface area contributed by atoms with Gasteiger partial charge in [-0.3, -0.25) is 9.59 Å². The Morgan fingerprint density at radius 2 is 1.88 bits per heavy atom. The summed E-state index contributed by atoms with van der Waals surface area (Å²) in [7, 11) is -2.29. The van der Waals surface area contributed by atoms with E-state index >= 15 is 0 Å². The fraction of sp³-hybridized carbons (Fsp3) is 0.250. The molecule has 1 aromatic carbocycles. The molecule has 0 radical (unpaired) electrons. The number of sulfonamides is 1. The number of carbonyl (C=O) groups excluding carboxylic acids is 2. The highest BCUT2D eigenvalue weighted by molar-refractivity contribution is 7.89. The van der Waals surface area contributed by atoms with Gasteiger partial charge in [0.15, 0.2) is 5.78 Å². The summed E-state index contributed by atoms with van der Waals surface area (Å²) in [5.41, 5.74) is 0.924. The average Bonchev–Trinajstić information content (AvgIpc) is 3.01. The molecule has 134 valence electrons. The van der Waals surface area contributed by atoms with E-state index in [0.29, 0.717) is 20.5 Å². The Hall–Kier alpha value is -1.74. The summed E-state index contributed by atoms with van der Waals surface area (Å²) >= 11 is 6.95. The number of Topliss-reactive ketones (excluding diaryl/α,β-unsaturated/α-hetero) is 1. The third-order valence-electron chi connectivity index (χ3n) is 3.46. The molecule has 25 heavy (non-hydrogen) atoms. The summed E-state index contributed by atoms with van der Waals surface area (Å²) in [6, 6.07) is 7.87. The van der Waals surface area contributed by atoms with E-state index in [2.05, 4.69) is 10.0 Å². The highest BCUT2D eigenvalue weighted by Crippen LogP contribution is 2.23. The Balaban J connectivity index is 2.01. The first kappa shape index (κ1) is 19.6. The Bertz CT molecular complexity index is 907. The number of benzene rings is 1. The molecule has 0 aliphatic rings. The number of anilines is 1. The average molecular weight is 401 g/mol. The second kappa shape index (κ2) is 8.09. The van der Waals surface area contributed by atoms with Gasteiger partial charge in [0.1, 0.15) is 0 Å². The Kier molecular flexibility index (Phi) is 6.34. The van der Waals surface area contributed by atoms with Crippen molar-refractivity contribution in [1.82, 2.24) is 4.72 Å². The first-order valence-corrected chi connectivity index (χ1v) is 10.0. The molecular formula is C16H17ClN2O4S2. The molecule has 1 aromatic heterocycles. The van der Waals surface area contributed by atoms with Crippen LogP contribution in [0.4, 0.5) is 5.69 Å². The van der Waals surface area contributed by atoms with Gasteiger partial charge in [0.2, 0.25) is 15.9 Å². The highest BCUT2D eigenvalue weighted by atomic mass is 35.5. The summed E-state index contributed by atoms with van der Waals surface area (Å²) < 4.78 is 26.7. The number of halogens is 1. The summed E-state index contributed by atoms with van der Waals surface area (Å²) in [6.07, 6.45) is 0.0482. The van der Waals surface area contributed by atoms with Gasteiger partial charge in [-0.05, 0) is 43.8 Å². The minimum Gasteiger partial charge on any atom is -0.326 e. The molecule has 9 heteroatoms. The third-order valence-corrected chi connectivity index (χ3v) is 6.29. The van der Waals surface area contributed by atoms with Crippen molar-refractivity contribution in [2.45, 2.75) is 24.7 Å². The normalized spacial score (nSPS) is 11.3. The third kappa shape index (κ3) is 5.12. The maximum Gasteiger partial charge on any atom is 0.240 e. The van der Waals surface area contributed by atoms with E-state index in [9.17, 15) is 18.0 Å². The number of ketones is 1. The topological polar surface area (TPSA) is 92.3 Å². The van der Waals surface area contributed by atoms with Crippen molar-refractivity contribution in [2.75, 3.05) is 12.4 Å². The van der Waals surface area contributed by atoms with Crippen LogP contribution < -0.4 is 10.0 Å². The van der Waals surface area contributed by atoms with Crippen molar-refractivity contribution in [3.63, 3.8) is 0 Å². The molecule has 0 saturated carbocycles. The van der Waals surface area contributed by atoms with E-state index in [1.165, 1.54) is 24.5 Å². The number of aryl methyl sites for hydroxylation is 1. The van der Waals surface area contributed by atoms with Crippen molar-refractivity contribution in [1.29, 1.82) is 0 Å². The van der Waals surface area contributed by atoms with Crippen LogP contribution in [0.15, 0.2) is 35.2 Å². The highest BCUT2D eigenvalue weighted by Gasteiger charge is 2.16. The zero-order valence-corrected chi connectivity index (χ0v) is 16.0. The van der Waals surface area contributed by atoms with Crippen molar-refractivity contribution in [3.8, 4) is 0 Å². The fourth-order valence-corrected chi connectivity index (χ4v) is 4.12. The van der Waals surface area contributed by atoms with E-state index in [1.54, 1.807) is 31.2 Å². The summed E-state index contributed by atoms with van der Waals surface area (Å²) in [5, 5.41) is 2.61. The molecule has 0 saturated heterocycles. The number of hydrogen-bond acceptors (Lipinski definition) is 5. The SMILES string of the molecule is CNS(=O)(=O)c1cc(NC(=O)CCC(=O)c2ccc(Cl)s2)ccc1C. The predicted octanol–water partition coefficient (Wildman–Crippen LogP) is 3.22. The lowest BCUT2D eigenvalue weighted by molar-refractivity contribution is -0.116. The first-order chi connectivity index (χ1) is 11.7. The smallest absolute Gasteiger partial charge is 0.240 e. The molecule has 1 heterocycles. The Morgan fingerprint density at radius 1 is 1.16 bits per heavy atom. The predicted molar refractivity (Wildman–Crippen MR) is 98.9 cm³/mol. The molecule has 0 aliphatic carbocycles. The van der Waals surface area contributed by atoms with Gasteiger partial charge in [-0.2, -0.15) is 0 Å². The quantitative estimate of drug-likeness (QED) is 0.698. The first-order valence-electron chi connectivity index (χ1n) is 7.35. The number of thiophene rings is 1. The molecule has 0 spiro atoms. The number of hydrogen-bond donors (Lipinski definition) is 2. The van der Waals surface area contributed by atoms with Gasteiger partial charge >= 0.3 is 0 Å². The zero-order valence-electron chi connectivity index (χ0n) is 13.6. The van der Waals surface area contributed by atoms with Gasteiger partial charge in [-0.25, -0.2) is 13.1 Å². The Morgan fingerprint density at radius 3 is 2.48 bits per heavy atom. The van der Waals surface area contributed by atoms with E-state index in [1.807, 2.05) is 0 Å². The van der Waals surface area contributed by atoms with Crippen LogP contribution in [0.1, 0.15) is 28.1 Å². The van der Waals surface area contributed by atoms with Crippen molar-refractivity contribution >= 4 is 50.3 Å². The van der Waals surface area contributed by atoms with Gasteiger partial charge < -0.3 is 5.32 Å². The van der Waals surface area contributed by atoms with Crippen LogP contribution in [0.3, 0.4) is 0 Å². The van der Waals surface area contributed by atoms with Crippen molar-refractivity contribution in [3.05, 3.63) is 45.1 Å². The number of nitrogens with one attached hydrogen (secondary N) is 2. The van der Waals surface area contributed by atoms with Crippen LogP contribution >= 0.6 is 22.9 Å². The minimum atomic E-state index is -3.61. The van der Waals surface area contributed by atoms with Gasteiger partial charge in [0.25, 0.3) is 0 Å². The molecule has 2 rings (SSSR count). The van der Waals surface area contributed by atoms with Crippen LogP contribution in [0, 0.1) is 6.92 Å². The molecule has 2 N–H and O–H groups in total. The monoisotopic (exact) mass is 400 g/mol. The van der Waals surface area contributed by atoms with Gasteiger partial charge in [-0.1, -0.05) is 17.7 Å². The van der Waals surface area contributed by atoms with E-state index < -0.39 is 10.0 Å². The lowest BCUT2D eigenvalue weighted by Crippen LogP contribution is -2.20. The number of carbonyl (C=O) groups is 2. The van der Waals surface area contributed by atoms with Crippen LogP contribution in [0.5, 0.6) is 0 Å². The molecule has 1 amide bonds. The molecule has 2 aromatic rings. The second-order valence-corrected chi connectivity index (χ2v) is 8.83. The molecule has 0 aliphatic heterocycles. The fourth-order valence-electron chi connectivity index (χ4n) is 2.12. The standard InChI is InChI=1S/C16H17ClN2O4S2/c1-10-3-4-11(9-14(10)25(22,23)18-2)19-16(21)8-5-12(20)13-6-7-15(17)24-13/h3-4,6-7,9,18H,5,8H2,1-2H3,(H,19,21). The maximum absolute atomic E-state index is 12.0. The van der Waals surface area contributed by atoms with Crippen LogP contribution in [0.2, 0.25) is 4.34 Å². The van der Waals surface area contributed by atoms with Gasteiger partial charge in [-0.15, -0.1) is 11.3 Å². The number of amides is 1. The Labute approximate surface area is 155 Å². The van der Waals surface area contributed by atoms with E-state index in [4.69, 9.17) is 11.6 Å². The van der Waals surface area contributed by atoms with Crippen molar-refractivity contribution in [2.24, 2.45) is 0 Å². The molecule has 0 unspecified atom stereocenters. The van der Waals surface area contributed by atoms with E-state index in [-0.39, 0.29) is 29.4 Å². The number of rotatable bonds is 7. The van der Waals surface area contributed by atoms with E-state index in [0.717, 1.165) is 0 Å². The molecule has 0 fully saturated rings. The van der Waals surface area contributed by atoms with Crippen LogP contribution in [0.25, 0.3) is 0 Å². The zero-order chi connectivity index (χ0) is 18.6. The van der Waals surface area contributed by atoms with Gasteiger partial charge in [0, 0.05) is 18.5 Å². The minimum absolute atomic E-state index is 0.00363. The molecule has 0 atom stereocenters. The second-order valence-electron chi connectivity index (χ2n) is 5.26. The largest absolute Gasteiger partial charge is 0.326 e. The summed E-state index contributed by atoms with van der Waals surface area (Å²) in [5.74, 6) is -0.526. The molecule has 0 bridgehead atoms. The lowest BCUT2D eigenvalue weighted by Gasteiger charge is -2.10. The van der Waals surface area contributed by atoms with Gasteiger partial charge in [0.05, 0.1) is 14.1 Å². The molecular weight excluding hydrogens is 384 g/mol. The maximum atomic E-state index is 12.0. The van der Waals surface area contributed by atoms with Crippen molar-refractivity contribution < 1.29 is 18.0 Å². The lowest BCUT2D eigenvalue weighted by atomic mass is 10.2. The van der Waals surface area contributed by atoms with Crippen LogP contribution in [-0.4, -0.2) is 27.2 Å². The molecule has 6 nitrogen and oxygen atoms in total. The summed E-state index contributed by atoms with van der Waals surface area (Å²) in [4.78, 5) is 24.6. The summed E-state index contributed by atoms with van der Waals surface area (Å²) in [6.45, 7) is 1.67. The van der Waals surface area contributed by atoms with Crippen LogP contribution in [-0.2, 0) is 14.8 Å².